The SMILES string of the molecule is CN(Cc1ccccc1)Cc1cccc(C(F)(F)F)n1. The summed E-state index contributed by atoms with van der Waals surface area (Å²) < 4.78 is 37.7. The molecule has 1 aromatic carbocycles. The fourth-order valence-corrected chi connectivity index (χ4v) is 1.95. The molecular weight excluding hydrogens is 265 g/mol. The molecular formula is C15H15F3N2. The van der Waals surface area contributed by atoms with Crippen LogP contribution in [-0.4, -0.2) is 16.9 Å². The highest BCUT2D eigenvalue weighted by Crippen LogP contribution is 2.27. The molecule has 0 unspecified atom stereocenters. The summed E-state index contributed by atoms with van der Waals surface area (Å²) in [4.78, 5) is 5.59. The fraction of sp³-hybridized carbons (Fsp3) is 0.267. The highest BCUT2D eigenvalue weighted by atomic mass is 19.4. The Morgan fingerprint density at radius 3 is 2.30 bits per heavy atom. The summed E-state index contributed by atoms with van der Waals surface area (Å²) in [5.41, 5.74) is 0.684. The van der Waals surface area contributed by atoms with Crippen LogP contribution in [0.25, 0.3) is 0 Å². The van der Waals surface area contributed by atoms with Crippen LogP contribution in [0.4, 0.5) is 13.2 Å². The number of hydrogen-bond acceptors (Lipinski definition) is 2. The lowest BCUT2D eigenvalue weighted by molar-refractivity contribution is -0.141. The van der Waals surface area contributed by atoms with Crippen LogP contribution in [0.3, 0.4) is 0 Å². The van der Waals surface area contributed by atoms with E-state index in [0.717, 1.165) is 11.6 Å². The first-order valence-electron chi connectivity index (χ1n) is 6.21. The van der Waals surface area contributed by atoms with Gasteiger partial charge in [0, 0.05) is 13.1 Å². The zero-order chi connectivity index (χ0) is 14.6. The lowest BCUT2D eigenvalue weighted by Gasteiger charge is -2.17. The van der Waals surface area contributed by atoms with E-state index in [4.69, 9.17) is 0 Å². The van der Waals surface area contributed by atoms with Gasteiger partial charge in [-0.05, 0) is 24.7 Å². The number of hydrogen-bond donors (Lipinski definition) is 0. The normalized spacial score (nSPS) is 11.8. The molecule has 106 valence electrons. The van der Waals surface area contributed by atoms with Crippen LogP contribution in [0.5, 0.6) is 0 Å². The molecule has 0 N–H and O–H groups in total. The smallest absolute Gasteiger partial charge is 0.296 e. The van der Waals surface area contributed by atoms with Crippen LogP contribution in [0.2, 0.25) is 0 Å². The van der Waals surface area contributed by atoms with Gasteiger partial charge in [-0.25, -0.2) is 4.98 Å². The number of halogens is 3. The molecule has 2 rings (SSSR count). The second-order valence-corrected chi connectivity index (χ2v) is 4.67. The molecule has 0 bridgehead atoms. The number of alkyl halides is 3. The maximum absolute atomic E-state index is 12.6. The van der Waals surface area contributed by atoms with Gasteiger partial charge in [0.15, 0.2) is 0 Å². The molecule has 0 spiro atoms. The molecule has 0 saturated carbocycles. The molecule has 0 aliphatic heterocycles. The average molecular weight is 280 g/mol. The third-order valence-electron chi connectivity index (χ3n) is 2.82. The van der Waals surface area contributed by atoms with Crippen LogP contribution in [0, 0.1) is 0 Å². The minimum Gasteiger partial charge on any atom is -0.296 e. The van der Waals surface area contributed by atoms with Crippen LogP contribution >= 0.6 is 0 Å². The predicted octanol–water partition coefficient (Wildman–Crippen LogP) is 3.73. The molecule has 5 heteroatoms. The van der Waals surface area contributed by atoms with Crippen molar-refractivity contribution in [1.82, 2.24) is 9.88 Å². The molecule has 1 heterocycles. The van der Waals surface area contributed by atoms with Crippen LogP contribution in [-0.2, 0) is 19.3 Å². The van der Waals surface area contributed by atoms with Gasteiger partial charge in [-0.15, -0.1) is 0 Å². The van der Waals surface area contributed by atoms with E-state index >= 15 is 0 Å². The quantitative estimate of drug-likeness (QED) is 0.848. The number of aromatic nitrogens is 1. The van der Waals surface area contributed by atoms with Crippen molar-refractivity contribution >= 4 is 0 Å². The number of nitrogens with zero attached hydrogens (tertiary/aromatic N) is 2. The summed E-state index contributed by atoms with van der Waals surface area (Å²) >= 11 is 0. The molecule has 0 atom stereocenters. The van der Waals surface area contributed by atoms with Crippen molar-refractivity contribution < 1.29 is 13.2 Å². The molecule has 0 aliphatic carbocycles. The van der Waals surface area contributed by atoms with Crippen LogP contribution < -0.4 is 0 Å². The first-order valence-corrected chi connectivity index (χ1v) is 6.21. The van der Waals surface area contributed by atoms with E-state index in [-0.39, 0.29) is 0 Å². The molecule has 20 heavy (non-hydrogen) atoms. The zero-order valence-corrected chi connectivity index (χ0v) is 11.1. The highest BCUT2D eigenvalue weighted by Gasteiger charge is 2.32. The topological polar surface area (TPSA) is 16.1 Å². The monoisotopic (exact) mass is 280 g/mol. The van der Waals surface area contributed by atoms with E-state index in [0.29, 0.717) is 18.8 Å². The van der Waals surface area contributed by atoms with Crippen molar-refractivity contribution in [2.45, 2.75) is 19.3 Å². The van der Waals surface area contributed by atoms with Gasteiger partial charge in [0.2, 0.25) is 0 Å². The zero-order valence-electron chi connectivity index (χ0n) is 11.1. The van der Waals surface area contributed by atoms with Crippen LogP contribution in [0.15, 0.2) is 48.5 Å². The van der Waals surface area contributed by atoms with Crippen molar-refractivity contribution in [3.8, 4) is 0 Å². The van der Waals surface area contributed by atoms with E-state index < -0.39 is 11.9 Å². The molecule has 2 aromatic rings. The van der Waals surface area contributed by atoms with E-state index in [1.54, 1.807) is 6.07 Å². The van der Waals surface area contributed by atoms with E-state index in [1.165, 1.54) is 6.07 Å². The van der Waals surface area contributed by atoms with Crippen molar-refractivity contribution in [3.63, 3.8) is 0 Å². The number of rotatable bonds is 4. The van der Waals surface area contributed by atoms with Crippen LogP contribution in [0.1, 0.15) is 17.0 Å². The van der Waals surface area contributed by atoms with E-state index in [1.807, 2.05) is 42.3 Å². The lowest BCUT2D eigenvalue weighted by Crippen LogP contribution is -2.19. The lowest BCUT2D eigenvalue weighted by atomic mass is 10.2. The van der Waals surface area contributed by atoms with Gasteiger partial charge >= 0.3 is 6.18 Å². The summed E-state index contributed by atoms with van der Waals surface area (Å²) in [6.45, 7) is 1.04. The standard InChI is InChI=1S/C15H15F3N2/c1-20(10-12-6-3-2-4-7-12)11-13-8-5-9-14(19-13)15(16,17)18/h2-9H,10-11H2,1H3. The summed E-state index contributed by atoms with van der Waals surface area (Å²) in [6, 6.07) is 13.8. The Hall–Kier alpha value is -1.88. The Labute approximate surface area is 115 Å². The van der Waals surface area contributed by atoms with Gasteiger partial charge in [0.25, 0.3) is 0 Å². The van der Waals surface area contributed by atoms with Gasteiger partial charge in [-0.2, -0.15) is 13.2 Å². The second-order valence-electron chi connectivity index (χ2n) is 4.67. The van der Waals surface area contributed by atoms with Gasteiger partial charge in [-0.3, -0.25) is 4.90 Å². The maximum atomic E-state index is 12.6. The minimum atomic E-state index is -4.39. The van der Waals surface area contributed by atoms with Gasteiger partial charge < -0.3 is 0 Å². The summed E-state index contributed by atoms with van der Waals surface area (Å²) in [7, 11) is 1.86. The summed E-state index contributed by atoms with van der Waals surface area (Å²) in [5, 5.41) is 0. The fourth-order valence-electron chi connectivity index (χ4n) is 1.95. The third kappa shape index (κ3) is 4.06. The molecule has 0 fully saturated rings. The Kier molecular flexibility index (Phi) is 4.39. The molecule has 0 radical (unpaired) electrons. The highest BCUT2D eigenvalue weighted by molar-refractivity contribution is 5.16. The Morgan fingerprint density at radius 2 is 1.65 bits per heavy atom. The van der Waals surface area contributed by atoms with Crippen molar-refractivity contribution in [2.75, 3.05) is 7.05 Å². The van der Waals surface area contributed by atoms with E-state index in [9.17, 15) is 13.2 Å². The molecule has 2 nitrogen and oxygen atoms in total. The average Bonchev–Trinajstić information content (AvgIpc) is 2.39. The van der Waals surface area contributed by atoms with Crippen molar-refractivity contribution in [3.05, 3.63) is 65.5 Å². The predicted molar refractivity (Wildman–Crippen MR) is 70.9 cm³/mol. The molecule has 1 aromatic heterocycles. The number of benzene rings is 1. The Balaban J connectivity index is 2.03. The maximum Gasteiger partial charge on any atom is 0.433 e. The first-order chi connectivity index (χ1) is 9.45. The van der Waals surface area contributed by atoms with Gasteiger partial charge in [0.1, 0.15) is 5.69 Å². The van der Waals surface area contributed by atoms with Crippen molar-refractivity contribution in [2.24, 2.45) is 0 Å². The Morgan fingerprint density at radius 1 is 0.950 bits per heavy atom. The number of pyridine rings is 1. The summed E-state index contributed by atoms with van der Waals surface area (Å²) in [5.74, 6) is 0. The Bertz CT molecular complexity index is 553. The molecule has 0 saturated heterocycles. The second kappa shape index (κ2) is 6.05. The van der Waals surface area contributed by atoms with Gasteiger partial charge in [0.05, 0.1) is 5.69 Å². The minimum absolute atomic E-state index is 0.374. The molecule has 0 aliphatic rings. The largest absolute Gasteiger partial charge is 0.433 e. The van der Waals surface area contributed by atoms with Crippen molar-refractivity contribution in [1.29, 1.82) is 0 Å². The van der Waals surface area contributed by atoms with Gasteiger partial charge in [-0.1, -0.05) is 36.4 Å². The summed E-state index contributed by atoms with van der Waals surface area (Å²) in [6.07, 6.45) is -4.39. The third-order valence-corrected chi connectivity index (χ3v) is 2.82. The van der Waals surface area contributed by atoms with E-state index in [2.05, 4.69) is 4.98 Å². The first kappa shape index (κ1) is 14.5. The molecule has 0 amide bonds.